The summed E-state index contributed by atoms with van der Waals surface area (Å²) in [4.78, 5) is 0. The van der Waals surface area contributed by atoms with E-state index in [0.29, 0.717) is 0 Å². The average molecular weight is 224 g/mol. The Morgan fingerprint density at radius 3 is 2.35 bits per heavy atom. The largest absolute Gasteiger partial charge is 0.377 e. The molecule has 0 aliphatic carbocycles. The molecule has 1 heterocycles. The van der Waals surface area contributed by atoms with Crippen LogP contribution in [0.4, 0.5) is 5.69 Å². The molecule has 0 unspecified atom stereocenters. The Kier molecular flexibility index (Phi) is 1.98. The van der Waals surface area contributed by atoms with Crippen molar-refractivity contribution in [3.8, 4) is 0 Å². The summed E-state index contributed by atoms with van der Waals surface area (Å²) in [5, 5.41) is 3.38. The topological polar surface area (TPSA) is 12.0 Å². The van der Waals surface area contributed by atoms with Crippen LogP contribution in [0, 0.1) is 0 Å². The van der Waals surface area contributed by atoms with E-state index in [1.165, 1.54) is 5.56 Å². The molecule has 1 aliphatic heterocycles. The van der Waals surface area contributed by atoms with Gasteiger partial charge in [0.1, 0.15) is 0 Å². The molecule has 0 saturated carbocycles. The lowest BCUT2D eigenvalue weighted by Crippen LogP contribution is -2.25. The summed E-state index contributed by atoms with van der Waals surface area (Å²) in [5.74, 6) is 0. The van der Waals surface area contributed by atoms with Crippen LogP contribution in [0.15, 0.2) is 54.6 Å². The van der Waals surface area contributed by atoms with Crippen molar-refractivity contribution >= 4 is 5.69 Å². The molecule has 0 aromatic heterocycles. The lowest BCUT2D eigenvalue weighted by Gasteiger charge is -2.28. The van der Waals surface area contributed by atoms with E-state index < -0.39 is 6.02 Å². The minimum absolute atomic E-state index is 0.259. The highest BCUT2D eigenvalue weighted by molar-refractivity contribution is 5.62. The van der Waals surface area contributed by atoms with Crippen molar-refractivity contribution in [1.82, 2.24) is 0 Å². The molecule has 86 valence electrons. The first-order chi connectivity index (χ1) is 8.56. The van der Waals surface area contributed by atoms with Gasteiger partial charge in [-0.25, -0.2) is 0 Å². The number of benzene rings is 2. The molecule has 2 aromatic rings. The third-order valence-electron chi connectivity index (χ3n) is 3.55. The van der Waals surface area contributed by atoms with Gasteiger partial charge in [0.25, 0.3) is 0 Å². The normalized spacial score (nSPS) is 25.9. The minimum Gasteiger partial charge on any atom is -0.377 e. The zero-order valence-electron chi connectivity index (χ0n) is 11.2. The number of rotatable bonds is 1. The van der Waals surface area contributed by atoms with Crippen molar-refractivity contribution < 1.29 is 1.37 Å². The van der Waals surface area contributed by atoms with Gasteiger partial charge in [-0.15, -0.1) is 0 Å². The Labute approximate surface area is 104 Å². The maximum Gasteiger partial charge on any atom is 0.0606 e. The standard InChI is InChI=1S/C16H17N/c1-16(2)13-10-6-7-11-14(13)17-15(16)12-8-4-3-5-9-12/h3-11,15,17H,1-2H3/t15-/m0/s1/i15D. The highest BCUT2D eigenvalue weighted by atomic mass is 15.0. The highest BCUT2D eigenvalue weighted by Gasteiger charge is 2.39. The number of para-hydroxylation sites is 1. The maximum atomic E-state index is 8.90. The number of fused-ring (bicyclic) bond motifs is 1. The molecule has 2 aromatic carbocycles. The number of hydrogen-bond acceptors (Lipinski definition) is 1. The van der Waals surface area contributed by atoms with Gasteiger partial charge < -0.3 is 5.32 Å². The Hall–Kier alpha value is -1.76. The van der Waals surface area contributed by atoms with E-state index >= 15 is 0 Å². The van der Waals surface area contributed by atoms with E-state index in [9.17, 15) is 0 Å². The molecule has 1 heteroatoms. The Balaban J connectivity index is 2.18. The van der Waals surface area contributed by atoms with Gasteiger partial charge in [-0.05, 0) is 17.2 Å². The quantitative estimate of drug-likeness (QED) is 0.768. The van der Waals surface area contributed by atoms with Crippen LogP contribution in [-0.4, -0.2) is 0 Å². The third kappa shape index (κ3) is 1.54. The number of anilines is 1. The number of nitrogens with one attached hydrogen (secondary N) is 1. The van der Waals surface area contributed by atoms with Gasteiger partial charge in [0.15, 0.2) is 0 Å². The monoisotopic (exact) mass is 224 g/mol. The summed E-state index contributed by atoms with van der Waals surface area (Å²) in [6.07, 6.45) is 0. The molecule has 0 spiro atoms. The average Bonchev–Trinajstić information content (AvgIpc) is 2.60. The highest BCUT2D eigenvalue weighted by Crippen LogP contribution is 2.47. The predicted octanol–water partition coefficient (Wildman–Crippen LogP) is 4.13. The molecule has 1 N–H and O–H groups in total. The van der Waals surface area contributed by atoms with Gasteiger partial charge in [-0.3, -0.25) is 0 Å². The molecule has 0 bridgehead atoms. The van der Waals surface area contributed by atoms with Crippen molar-refractivity contribution in [2.75, 3.05) is 5.32 Å². The van der Waals surface area contributed by atoms with Gasteiger partial charge >= 0.3 is 0 Å². The summed E-state index contributed by atoms with van der Waals surface area (Å²) < 4.78 is 8.90. The van der Waals surface area contributed by atoms with Gasteiger partial charge in [0.05, 0.1) is 7.39 Å². The molecule has 1 nitrogen and oxygen atoms in total. The van der Waals surface area contributed by atoms with E-state index in [1.54, 1.807) is 0 Å². The zero-order valence-corrected chi connectivity index (χ0v) is 10.2. The van der Waals surface area contributed by atoms with Crippen LogP contribution in [0.25, 0.3) is 0 Å². The zero-order chi connectivity index (χ0) is 12.8. The second-order valence-corrected chi connectivity index (χ2v) is 5.04. The van der Waals surface area contributed by atoms with Crippen molar-refractivity contribution in [2.24, 2.45) is 0 Å². The Morgan fingerprint density at radius 2 is 1.65 bits per heavy atom. The van der Waals surface area contributed by atoms with Gasteiger partial charge in [0, 0.05) is 11.1 Å². The second kappa shape index (κ2) is 3.63. The van der Waals surface area contributed by atoms with E-state index in [2.05, 4.69) is 31.3 Å². The fourth-order valence-corrected chi connectivity index (χ4v) is 2.60. The van der Waals surface area contributed by atoms with Crippen molar-refractivity contribution in [3.05, 3.63) is 65.7 Å². The van der Waals surface area contributed by atoms with E-state index in [-0.39, 0.29) is 5.41 Å². The fourth-order valence-electron chi connectivity index (χ4n) is 2.60. The summed E-state index contributed by atoms with van der Waals surface area (Å²) in [6.45, 7) is 4.26. The summed E-state index contributed by atoms with van der Waals surface area (Å²) in [6, 6.07) is 17.4. The van der Waals surface area contributed by atoms with Crippen molar-refractivity contribution in [3.63, 3.8) is 0 Å². The number of hydrogen-bond donors (Lipinski definition) is 1. The van der Waals surface area contributed by atoms with Crippen LogP contribution in [0.2, 0.25) is 0 Å². The second-order valence-electron chi connectivity index (χ2n) is 5.04. The van der Waals surface area contributed by atoms with E-state index in [1.807, 2.05) is 42.5 Å². The fraction of sp³-hybridized carbons (Fsp3) is 0.250. The van der Waals surface area contributed by atoms with Crippen molar-refractivity contribution in [1.29, 1.82) is 0 Å². The van der Waals surface area contributed by atoms with Crippen LogP contribution in [-0.2, 0) is 5.41 Å². The SMILES string of the molecule is [2H][C@@]1(c2ccccc2)Nc2ccccc2C1(C)C. The smallest absolute Gasteiger partial charge is 0.0606 e. The maximum absolute atomic E-state index is 8.90. The van der Waals surface area contributed by atoms with Crippen LogP contribution in [0.1, 0.15) is 32.4 Å². The van der Waals surface area contributed by atoms with E-state index in [4.69, 9.17) is 1.37 Å². The summed E-state index contributed by atoms with van der Waals surface area (Å²) in [5.41, 5.74) is 3.03. The van der Waals surface area contributed by atoms with Crippen LogP contribution in [0.3, 0.4) is 0 Å². The minimum atomic E-state index is -0.808. The molecule has 1 aliphatic rings. The lowest BCUT2D eigenvalue weighted by atomic mass is 9.78. The Bertz CT molecular complexity index is 577. The van der Waals surface area contributed by atoms with Gasteiger partial charge in [0.2, 0.25) is 0 Å². The molecule has 0 amide bonds. The van der Waals surface area contributed by atoms with Crippen molar-refractivity contribution in [2.45, 2.75) is 25.3 Å². The van der Waals surface area contributed by atoms with Gasteiger partial charge in [-0.2, -0.15) is 0 Å². The predicted molar refractivity (Wildman–Crippen MR) is 72.3 cm³/mol. The molecule has 0 radical (unpaired) electrons. The first kappa shape index (κ1) is 9.29. The molecule has 0 fully saturated rings. The molecular weight excluding hydrogens is 206 g/mol. The van der Waals surface area contributed by atoms with Gasteiger partial charge in [-0.1, -0.05) is 62.4 Å². The summed E-state index contributed by atoms with van der Waals surface area (Å²) in [7, 11) is 0. The molecular formula is C16H17N. The van der Waals surface area contributed by atoms with E-state index in [0.717, 1.165) is 11.3 Å². The Morgan fingerprint density at radius 1 is 1.00 bits per heavy atom. The van der Waals surface area contributed by atoms with Crippen LogP contribution in [0.5, 0.6) is 0 Å². The van der Waals surface area contributed by atoms with Crippen LogP contribution < -0.4 is 5.32 Å². The molecule has 1 atom stereocenters. The summed E-state index contributed by atoms with van der Waals surface area (Å²) >= 11 is 0. The molecule has 17 heavy (non-hydrogen) atoms. The third-order valence-corrected chi connectivity index (χ3v) is 3.55. The first-order valence-corrected chi connectivity index (χ1v) is 5.99. The lowest BCUT2D eigenvalue weighted by molar-refractivity contribution is 0.474. The molecule has 0 saturated heterocycles. The first-order valence-electron chi connectivity index (χ1n) is 6.49. The van der Waals surface area contributed by atoms with Crippen LogP contribution >= 0.6 is 0 Å². The molecule has 3 rings (SSSR count).